The van der Waals surface area contributed by atoms with Crippen molar-refractivity contribution in [3.63, 3.8) is 0 Å². The van der Waals surface area contributed by atoms with Crippen LogP contribution >= 0.6 is 0 Å². The van der Waals surface area contributed by atoms with Crippen molar-refractivity contribution in [3.8, 4) is 18.1 Å². The zero-order valence-corrected chi connectivity index (χ0v) is 11.3. The third kappa shape index (κ3) is 2.76. The van der Waals surface area contributed by atoms with E-state index in [1.807, 2.05) is 54.6 Å². The number of methoxy groups -OCH3 is 1. The second-order valence-corrected chi connectivity index (χ2v) is 4.43. The Labute approximate surface area is 119 Å². The van der Waals surface area contributed by atoms with Crippen LogP contribution in [0, 0.1) is 12.3 Å². The lowest BCUT2D eigenvalue weighted by molar-refractivity contribution is 0.246. The van der Waals surface area contributed by atoms with Crippen LogP contribution in [0.2, 0.25) is 0 Å². The fraction of sp³-hybridized carbons (Fsp3) is 0.176. The maximum Gasteiger partial charge on any atom is 0.148 e. The smallest absolute Gasteiger partial charge is 0.148 e. The minimum atomic E-state index is -0.935. The van der Waals surface area contributed by atoms with Crippen LogP contribution in [-0.4, -0.2) is 18.8 Å². The Morgan fingerprint density at radius 2 is 1.80 bits per heavy atom. The van der Waals surface area contributed by atoms with Crippen LogP contribution in [0.25, 0.3) is 0 Å². The first-order valence-corrected chi connectivity index (χ1v) is 6.30. The molecule has 20 heavy (non-hydrogen) atoms. The molecule has 0 unspecified atom stereocenters. The van der Waals surface area contributed by atoms with Gasteiger partial charge in [-0.3, -0.25) is 0 Å². The van der Waals surface area contributed by atoms with Crippen molar-refractivity contribution in [3.05, 3.63) is 60.2 Å². The first-order chi connectivity index (χ1) is 9.74. The molecular formula is C17H17NO2. The molecule has 3 nitrogen and oxygen atoms in total. The zero-order valence-electron chi connectivity index (χ0n) is 11.3. The van der Waals surface area contributed by atoms with Crippen molar-refractivity contribution in [1.29, 1.82) is 0 Å². The molecule has 1 atom stereocenters. The lowest BCUT2D eigenvalue weighted by Crippen LogP contribution is -2.37. The van der Waals surface area contributed by atoms with Gasteiger partial charge in [0.05, 0.1) is 13.7 Å². The van der Waals surface area contributed by atoms with Gasteiger partial charge in [-0.15, -0.1) is 6.42 Å². The van der Waals surface area contributed by atoms with E-state index in [2.05, 4.69) is 11.2 Å². The molecule has 0 saturated heterocycles. The van der Waals surface area contributed by atoms with Crippen LogP contribution in [-0.2, 0) is 5.54 Å². The monoisotopic (exact) mass is 267 g/mol. The third-order valence-corrected chi connectivity index (χ3v) is 3.20. The minimum absolute atomic E-state index is 0.195. The fourth-order valence-corrected chi connectivity index (χ4v) is 2.01. The largest absolute Gasteiger partial charge is 0.497 e. The van der Waals surface area contributed by atoms with Gasteiger partial charge in [-0.05, 0) is 29.8 Å². The molecule has 0 spiro atoms. The molecule has 0 aromatic heterocycles. The van der Waals surface area contributed by atoms with E-state index in [4.69, 9.17) is 11.2 Å². The topological polar surface area (TPSA) is 41.5 Å². The molecule has 0 amide bonds. The van der Waals surface area contributed by atoms with E-state index in [-0.39, 0.29) is 6.61 Å². The summed E-state index contributed by atoms with van der Waals surface area (Å²) in [7, 11) is 1.62. The van der Waals surface area contributed by atoms with Crippen molar-refractivity contribution in [2.75, 3.05) is 19.0 Å². The SMILES string of the molecule is C#C[C@](CO)(Nc1ccc(OC)cc1)c1ccccc1. The van der Waals surface area contributed by atoms with Crippen LogP contribution < -0.4 is 10.1 Å². The molecule has 2 rings (SSSR count). The zero-order chi connectivity index (χ0) is 14.4. The van der Waals surface area contributed by atoms with Crippen LogP contribution in [0.3, 0.4) is 0 Å². The Morgan fingerprint density at radius 1 is 1.15 bits per heavy atom. The highest BCUT2D eigenvalue weighted by atomic mass is 16.5. The molecule has 2 N–H and O–H groups in total. The minimum Gasteiger partial charge on any atom is -0.497 e. The Hall–Kier alpha value is -2.44. The Morgan fingerprint density at radius 3 is 2.30 bits per heavy atom. The molecule has 0 aliphatic rings. The van der Waals surface area contributed by atoms with Gasteiger partial charge in [-0.25, -0.2) is 0 Å². The summed E-state index contributed by atoms with van der Waals surface area (Å²) in [5.41, 5.74) is 0.734. The average Bonchev–Trinajstić information content (AvgIpc) is 2.54. The molecule has 0 saturated carbocycles. The normalized spacial score (nSPS) is 13.1. The summed E-state index contributed by atoms with van der Waals surface area (Å²) < 4.78 is 5.12. The summed E-state index contributed by atoms with van der Waals surface area (Å²) in [6.07, 6.45) is 5.66. The lowest BCUT2D eigenvalue weighted by Gasteiger charge is -2.29. The Bertz CT molecular complexity index is 587. The van der Waals surface area contributed by atoms with Crippen LogP contribution in [0.15, 0.2) is 54.6 Å². The summed E-state index contributed by atoms with van der Waals surface area (Å²) in [5.74, 6) is 3.44. The molecular weight excluding hydrogens is 250 g/mol. The highest BCUT2D eigenvalue weighted by Crippen LogP contribution is 2.26. The van der Waals surface area contributed by atoms with E-state index < -0.39 is 5.54 Å². The molecule has 0 heterocycles. The van der Waals surface area contributed by atoms with Crippen LogP contribution in [0.4, 0.5) is 5.69 Å². The van der Waals surface area contributed by atoms with E-state index in [1.165, 1.54) is 0 Å². The Kier molecular flexibility index (Phi) is 4.29. The maximum atomic E-state index is 9.76. The second kappa shape index (κ2) is 6.14. The number of aliphatic hydroxyl groups excluding tert-OH is 1. The van der Waals surface area contributed by atoms with Gasteiger partial charge in [-0.2, -0.15) is 0 Å². The van der Waals surface area contributed by atoms with Gasteiger partial charge in [0.25, 0.3) is 0 Å². The summed E-state index contributed by atoms with van der Waals surface area (Å²) in [6, 6.07) is 16.9. The van der Waals surface area contributed by atoms with Crippen molar-refractivity contribution < 1.29 is 9.84 Å². The number of aliphatic hydroxyl groups is 1. The summed E-state index contributed by atoms with van der Waals surface area (Å²) >= 11 is 0. The molecule has 0 fully saturated rings. The first kappa shape index (κ1) is 14.0. The predicted molar refractivity (Wildman–Crippen MR) is 80.7 cm³/mol. The van der Waals surface area contributed by atoms with Gasteiger partial charge >= 0.3 is 0 Å². The second-order valence-electron chi connectivity index (χ2n) is 4.43. The third-order valence-electron chi connectivity index (χ3n) is 3.20. The first-order valence-electron chi connectivity index (χ1n) is 6.30. The molecule has 102 valence electrons. The van der Waals surface area contributed by atoms with E-state index >= 15 is 0 Å². The average molecular weight is 267 g/mol. The highest BCUT2D eigenvalue weighted by molar-refractivity contribution is 5.53. The number of hydrogen-bond acceptors (Lipinski definition) is 3. The summed E-state index contributed by atoms with van der Waals surface area (Å²) in [6.45, 7) is -0.195. The fourth-order valence-electron chi connectivity index (χ4n) is 2.01. The van der Waals surface area contributed by atoms with Gasteiger partial charge in [-0.1, -0.05) is 36.3 Å². The number of rotatable bonds is 5. The predicted octanol–water partition coefficient (Wildman–Crippen LogP) is 2.63. The van der Waals surface area contributed by atoms with Gasteiger partial charge in [0.15, 0.2) is 0 Å². The van der Waals surface area contributed by atoms with Crippen molar-refractivity contribution in [1.82, 2.24) is 0 Å². The van der Waals surface area contributed by atoms with Crippen molar-refractivity contribution in [2.24, 2.45) is 0 Å². The number of anilines is 1. The molecule has 3 heteroatoms. The van der Waals surface area contributed by atoms with Crippen LogP contribution in [0.5, 0.6) is 5.75 Å². The Balaban J connectivity index is 2.32. The van der Waals surface area contributed by atoms with E-state index in [0.29, 0.717) is 0 Å². The number of terminal acetylenes is 1. The molecule has 0 aliphatic heterocycles. The van der Waals surface area contributed by atoms with Crippen molar-refractivity contribution >= 4 is 5.69 Å². The van der Waals surface area contributed by atoms with Gasteiger partial charge in [0.2, 0.25) is 0 Å². The molecule has 2 aromatic rings. The van der Waals surface area contributed by atoms with Gasteiger partial charge in [0, 0.05) is 5.69 Å². The number of ether oxygens (including phenoxy) is 1. The van der Waals surface area contributed by atoms with E-state index in [0.717, 1.165) is 17.0 Å². The number of nitrogens with one attached hydrogen (secondary N) is 1. The maximum absolute atomic E-state index is 9.76. The van der Waals surface area contributed by atoms with Crippen LogP contribution in [0.1, 0.15) is 5.56 Å². The lowest BCUT2D eigenvalue weighted by atomic mass is 9.91. The quantitative estimate of drug-likeness (QED) is 0.818. The number of benzene rings is 2. The molecule has 0 radical (unpaired) electrons. The molecule has 2 aromatic carbocycles. The summed E-state index contributed by atoms with van der Waals surface area (Å²) in [5, 5.41) is 13.0. The highest BCUT2D eigenvalue weighted by Gasteiger charge is 2.28. The van der Waals surface area contributed by atoms with E-state index in [1.54, 1.807) is 7.11 Å². The van der Waals surface area contributed by atoms with Gasteiger partial charge in [0.1, 0.15) is 11.3 Å². The van der Waals surface area contributed by atoms with Crippen molar-refractivity contribution in [2.45, 2.75) is 5.54 Å². The van der Waals surface area contributed by atoms with Gasteiger partial charge < -0.3 is 15.2 Å². The van der Waals surface area contributed by atoms with E-state index in [9.17, 15) is 5.11 Å². The molecule has 0 aliphatic carbocycles. The molecule has 0 bridgehead atoms. The number of hydrogen-bond donors (Lipinski definition) is 2. The summed E-state index contributed by atoms with van der Waals surface area (Å²) in [4.78, 5) is 0. The standard InChI is InChI=1S/C17H17NO2/c1-3-17(13-19,14-7-5-4-6-8-14)18-15-9-11-16(20-2)12-10-15/h1,4-12,18-19H,13H2,2H3/t17-/m1/s1.